The zero-order chi connectivity index (χ0) is 15.5. The molecule has 2 N–H and O–H groups in total. The number of aliphatic hydroxyl groups is 1. The van der Waals surface area contributed by atoms with Crippen LogP contribution in [0.5, 0.6) is 0 Å². The molecule has 1 fully saturated rings. The summed E-state index contributed by atoms with van der Waals surface area (Å²) in [6.07, 6.45) is 1.41. The number of piperidine rings is 1. The van der Waals surface area contributed by atoms with Gasteiger partial charge in [-0.3, -0.25) is 4.55 Å². The Bertz CT molecular complexity index is 565. The number of rotatable bonds is 5. The van der Waals surface area contributed by atoms with Crippen LogP contribution in [-0.4, -0.2) is 48.4 Å². The van der Waals surface area contributed by atoms with Crippen molar-refractivity contribution in [3.05, 3.63) is 35.6 Å². The number of likely N-dealkylation sites (tertiary alicyclic amines) is 1. The predicted octanol–water partition coefficient (Wildman–Crippen LogP) is 1.39. The zero-order valence-electron chi connectivity index (χ0n) is 11.7. The van der Waals surface area contributed by atoms with Crippen LogP contribution in [0.4, 0.5) is 4.39 Å². The SMILES string of the molecule is O=S(=O)(O)CCCN1CCC(O)(c2ccc(F)cc2)CC1. The van der Waals surface area contributed by atoms with Crippen LogP contribution in [0.2, 0.25) is 0 Å². The third-order valence-electron chi connectivity index (χ3n) is 3.94. The highest BCUT2D eigenvalue weighted by Crippen LogP contribution is 2.32. The molecule has 0 atom stereocenters. The first kappa shape index (κ1) is 16.4. The fourth-order valence-corrected chi connectivity index (χ4v) is 3.16. The summed E-state index contributed by atoms with van der Waals surface area (Å²) in [7, 11) is -3.91. The van der Waals surface area contributed by atoms with E-state index >= 15 is 0 Å². The highest BCUT2D eigenvalue weighted by Gasteiger charge is 2.33. The van der Waals surface area contributed by atoms with Crippen LogP contribution < -0.4 is 0 Å². The molecule has 0 bridgehead atoms. The van der Waals surface area contributed by atoms with Crippen molar-refractivity contribution in [1.29, 1.82) is 0 Å². The second kappa shape index (κ2) is 6.39. The molecule has 5 nitrogen and oxygen atoms in total. The van der Waals surface area contributed by atoms with Gasteiger partial charge in [-0.1, -0.05) is 12.1 Å². The van der Waals surface area contributed by atoms with Gasteiger partial charge in [0.05, 0.1) is 11.4 Å². The molecule has 1 heterocycles. The van der Waals surface area contributed by atoms with Gasteiger partial charge < -0.3 is 10.0 Å². The van der Waals surface area contributed by atoms with E-state index in [0.29, 0.717) is 44.5 Å². The number of hydrogen-bond donors (Lipinski definition) is 2. The second-order valence-electron chi connectivity index (χ2n) is 5.52. The molecular weight excluding hydrogens is 297 g/mol. The lowest BCUT2D eigenvalue weighted by Gasteiger charge is -2.38. The van der Waals surface area contributed by atoms with Crippen molar-refractivity contribution >= 4 is 10.1 Å². The predicted molar refractivity (Wildman–Crippen MR) is 77.0 cm³/mol. The van der Waals surface area contributed by atoms with E-state index in [4.69, 9.17) is 4.55 Å². The first-order chi connectivity index (χ1) is 9.78. The molecular formula is C14H20FNO4S. The van der Waals surface area contributed by atoms with Crippen molar-refractivity contribution in [2.75, 3.05) is 25.4 Å². The summed E-state index contributed by atoms with van der Waals surface area (Å²) >= 11 is 0. The molecule has 0 spiro atoms. The maximum absolute atomic E-state index is 12.9. The van der Waals surface area contributed by atoms with Gasteiger partial charge in [-0.15, -0.1) is 0 Å². The minimum atomic E-state index is -3.91. The van der Waals surface area contributed by atoms with E-state index in [0.717, 1.165) is 0 Å². The van der Waals surface area contributed by atoms with Crippen molar-refractivity contribution in [2.24, 2.45) is 0 Å². The Hall–Kier alpha value is -1.02. The average Bonchev–Trinajstić information content (AvgIpc) is 2.40. The van der Waals surface area contributed by atoms with E-state index in [1.807, 2.05) is 0 Å². The summed E-state index contributed by atoms with van der Waals surface area (Å²) in [5.41, 5.74) is -0.241. The van der Waals surface area contributed by atoms with E-state index in [-0.39, 0.29) is 11.6 Å². The van der Waals surface area contributed by atoms with E-state index in [9.17, 15) is 17.9 Å². The van der Waals surface area contributed by atoms with Crippen LogP contribution in [0, 0.1) is 5.82 Å². The van der Waals surface area contributed by atoms with Crippen LogP contribution in [-0.2, 0) is 15.7 Å². The summed E-state index contributed by atoms with van der Waals surface area (Å²) in [6, 6.07) is 5.88. The fourth-order valence-electron chi connectivity index (χ4n) is 2.67. The van der Waals surface area contributed by atoms with Crippen LogP contribution in [0.25, 0.3) is 0 Å². The van der Waals surface area contributed by atoms with Crippen molar-refractivity contribution in [1.82, 2.24) is 4.90 Å². The smallest absolute Gasteiger partial charge is 0.264 e. The largest absolute Gasteiger partial charge is 0.385 e. The van der Waals surface area contributed by atoms with E-state index in [1.54, 1.807) is 12.1 Å². The van der Waals surface area contributed by atoms with Crippen molar-refractivity contribution < 1.29 is 22.5 Å². The third kappa shape index (κ3) is 4.74. The minimum absolute atomic E-state index is 0.244. The normalized spacial score (nSPS) is 19.6. The van der Waals surface area contributed by atoms with Gasteiger partial charge in [-0.2, -0.15) is 8.42 Å². The molecule has 1 saturated heterocycles. The molecule has 0 saturated carbocycles. The number of halogens is 1. The standard InChI is InChI=1S/C14H20FNO4S/c15-13-4-2-12(3-5-13)14(17)6-9-16(10-7-14)8-1-11-21(18,19)20/h2-5,17H,1,6-11H2,(H,18,19,20). The molecule has 21 heavy (non-hydrogen) atoms. The summed E-state index contributed by atoms with van der Waals surface area (Å²) in [5.74, 6) is -0.573. The van der Waals surface area contributed by atoms with E-state index in [1.165, 1.54) is 12.1 Å². The first-order valence-corrected chi connectivity index (χ1v) is 8.55. The van der Waals surface area contributed by atoms with E-state index < -0.39 is 15.7 Å². The number of benzene rings is 1. The lowest BCUT2D eigenvalue weighted by atomic mass is 9.84. The topological polar surface area (TPSA) is 77.8 Å². The average molecular weight is 317 g/mol. The molecule has 0 aliphatic carbocycles. The molecule has 118 valence electrons. The molecule has 2 rings (SSSR count). The van der Waals surface area contributed by atoms with Crippen molar-refractivity contribution in [3.8, 4) is 0 Å². The molecule has 1 aromatic rings. The van der Waals surface area contributed by atoms with E-state index in [2.05, 4.69) is 4.90 Å². The molecule has 1 aromatic carbocycles. The van der Waals surface area contributed by atoms with Gasteiger partial charge >= 0.3 is 0 Å². The van der Waals surface area contributed by atoms with Crippen LogP contribution in [0.3, 0.4) is 0 Å². The van der Waals surface area contributed by atoms with Gasteiger partial charge in [0.2, 0.25) is 0 Å². The lowest BCUT2D eigenvalue weighted by Crippen LogP contribution is -2.43. The summed E-state index contributed by atoms with van der Waals surface area (Å²) < 4.78 is 42.9. The highest BCUT2D eigenvalue weighted by atomic mass is 32.2. The zero-order valence-corrected chi connectivity index (χ0v) is 12.5. The first-order valence-electron chi connectivity index (χ1n) is 6.94. The Balaban J connectivity index is 1.86. The van der Waals surface area contributed by atoms with Gasteiger partial charge in [0.15, 0.2) is 0 Å². The summed E-state index contributed by atoms with van der Waals surface area (Å²) in [5, 5.41) is 10.6. The Kier molecular flexibility index (Phi) is 4.98. The highest BCUT2D eigenvalue weighted by molar-refractivity contribution is 7.85. The van der Waals surface area contributed by atoms with Gasteiger partial charge in [0, 0.05) is 13.1 Å². The molecule has 7 heteroatoms. The molecule has 1 aliphatic heterocycles. The Morgan fingerprint density at radius 2 is 1.76 bits per heavy atom. The van der Waals surface area contributed by atoms with Crippen LogP contribution >= 0.6 is 0 Å². The maximum atomic E-state index is 12.9. The Morgan fingerprint density at radius 1 is 1.19 bits per heavy atom. The Morgan fingerprint density at radius 3 is 2.29 bits per heavy atom. The van der Waals surface area contributed by atoms with Crippen LogP contribution in [0.1, 0.15) is 24.8 Å². The summed E-state index contributed by atoms with van der Waals surface area (Å²) in [4.78, 5) is 2.06. The quantitative estimate of drug-likeness (QED) is 0.803. The monoisotopic (exact) mass is 317 g/mol. The van der Waals surface area contributed by atoms with Crippen LogP contribution in [0.15, 0.2) is 24.3 Å². The summed E-state index contributed by atoms with van der Waals surface area (Å²) in [6.45, 7) is 1.85. The van der Waals surface area contributed by atoms with Crippen molar-refractivity contribution in [2.45, 2.75) is 24.9 Å². The molecule has 1 aliphatic rings. The molecule has 0 radical (unpaired) electrons. The fraction of sp³-hybridized carbons (Fsp3) is 0.571. The second-order valence-corrected chi connectivity index (χ2v) is 7.09. The van der Waals surface area contributed by atoms with Gasteiger partial charge in [0.25, 0.3) is 10.1 Å². The number of nitrogens with zero attached hydrogens (tertiary/aromatic N) is 1. The molecule has 0 aromatic heterocycles. The van der Waals surface area contributed by atoms with Gasteiger partial charge in [-0.25, -0.2) is 4.39 Å². The maximum Gasteiger partial charge on any atom is 0.264 e. The Labute approximate surface area is 124 Å². The van der Waals surface area contributed by atoms with Crippen molar-refractivity contribution in [3.63, 3.8) is 0 Å². The number of hydrogen-bond acceptors (Lipinski definition) is 4. The minimum Gasteiger partial charge on any atom is -0.385 e. The third-order valence-corrected chi connectivity index (χ3v) is 4.75. The lowest BCUT2D eigenvalue weighted by molar-refractivity contribution is -0.0258. The molecule has 0 unspecified atom stereocenters. The van der Waals surface area contributed by atoms with Gasteiger partial charge in [0.1, 0.15) is 5.82 Å². The van der Waals surface area contributed by atoms with Gasteiger partial charge in [-0.05, 0) is 43.5 Å². The molecule has 0 amide bonds.